The van der Waals surface area contributed by atoms with Gasteiger partial charge in [-0.1, -0.05) is 59.1 Å². The van der Waals surface area contributed by atoms with E-state index in [2.05, 4.69) is 4.90 Å². The molecule has 0 saturated carbocycles. The molecule has 0 aromatic heterocycles. The molecule has 34 heavy (non-hydrogen) atoms. The Morgan fingerprint density at radius 2 is 1.56 bits per heavy atom. The van der Waals surface area contributed by atoms with Crippen LogP contribution in [0.1, 0.15) is 17.2 Å². The van der Waals surface area contributed by atoms with E-state index < -0.39 is 9.84 Å². The Bertz CT molecular complexity index is 1300. The number of sulfone groups is 1. The van der Waals surface area contributed by atoms with E-state index in [4.69, 9.17) is 34.8 Å². The summed E-state index contributed by atoms with van der Waals surface area (Å²) in [5.74, 6) is -0.0204. The van der Waals surface area contributed by atoms with Crippen molar-refractivity contribution in [1.82, 2.24) is 4.90 Å². The van der Waals surface area contributed by atoms with Crippen LogP contribution in [0.4, 0.5) is 5.69 Å². The predicted octanol–water partition coefficient (Wildman–Crippen LogP) is 5.68. The van der Waals surface area contributed by atoms with E-state index in [9.17, 15) is 13.2 Å². The van der Waals surface area contributed by atoms with E-state index in [-0.39, 0.29) is 23.3 Å². The highest BCUT2D eigenvalue weighted by atomic mass is 35.5. The Morgan fingerprint density at radius 3 is 2.18 bits per heavy atom. The van der Waals surface area contributed by atoms with Crippen LogP contribution in [0.2, 0.25) is 15.1 Å². The summed E-state index contributed by atoms with van der Waals surface area (Å²) in [6.45, 7) is 1.59. The topological polar surface area (TPSA) is 57.7 Å². The number of benzene rings is 3. The van der Waals surface area contributed by atoms with Gasteiger partial charge in [0.05, 0.1) is 28.1 Å². The van der Waals surface area contributed by atoms with Crippen LogP contribution in [0.25, 0.3) is 0 Å². The summed E-state index contributed by atoms with van der Waals surface area (Å²) in [6.07, 6.45) is 1.36. The van der Waals surface area contributed by atoms with Crippen LogP contribution in [-0.2, 0) is 21.1 Å². The number of hydrogen-bond donors (Lipinski definition) is 0. The fourth-order valence-corrected chi connectivity index (χ4v) is 5.40. The summed E-state index contributed by atoms with van der Waals surface area (Å²) in [5, 5.41) is 1.76. The second kappa shape index (κ2) is 10.2. The maximum absolute atomic E-state index is 13.2. The SMILES string of the molecule is CS(=O)(=O)c1ccc(CC(=O)N2CCN(c3ccc(Cl)cc3Cl)C(c3ccc(Cl)cc3)C2)cc1. The molecule has 0 radical (unpaired) electrons. The van der Waals surface area contributed by atoms with Gasteiger partial charge in [-0.2, -0.15) is 0 Å². The molecule has 1 unspecified atom stereocenters. The summed E-state index contributed by atoms with van der Waals surface area (Å²) in [4.78, 5) is 17.4. The van der Waals surface area contributed by atoms with Crippen molar-refractivity contribution in [3.8, 4) is 0 Å². The van der Waals surface area contributed by atoms with Crippen molar-refractivity contribution < 1.29 is 13.2 Å². The number of halogens is 3. The Hall–Kier alpha value is -2.25. The van der Waals surface area contributed by atoms with E-state index in [1.165, 1.54) is 12.1 Å². The lowest BCUT2D eigenvalue weighted by molar-refractivity contribution is -0.131. The quantitative estimate of drug-likeness (QED) is 0.420. The van der Waals surface area contributed by atoms with Gasteiger partial charge in [0, 0.05) is 35.9 Å². The highest BCUT2D eigenvalue weighted by Gasteiger charge is 2.32. The molecule has 5 nitrogen and oxygen atoms in total. The van der Waals surface area contributed by atoms with Crippen molar-refractivity contribution in [2.24, 2.45) is 0 Å². The number of amides is 1. The summed E-state index contributed by atoms with van der Waals surface area (Å²) in [7, 11) is -3.28. The minimum Gasteiger partial charge on any atom is -0.360 e. The van der Waals surface area contributed by atoms with Gasteiger partial charge in [-0.15, -0.1) is 0 Å². The van der Waals surface area contributed by atoms with E-state index in [1.54, 1.807) is 24.3 Å². The molecule has 1 atom stereocenters. The molecule has 178 valence electrons. The van der Waals surface area contributed by atoms with Crippen molar-refractivity contribution in [3.63, 3.8) is 0 Å². The molecule has 3 aromatic carbocycles. The van der Waals surface area contributed by atoms with Gasteiger partial charge in [-0.3, -0.25) is 4.79 Å². The molecule has 1 heterocycles. The number of carbonyl (C=O) groups is 1. The van der Waals surface area contributed by atoms with Gasteiger partial charge < -0.3 is 9.80 Å². The van der Waals surface area contributed by atoms with Gasteiger partial charge in [0.2, 0.25) is 5.91 Å². The van der Waals surface area contributed by atoms with Crippen molar-refractivity contribution in [1.29, 1.82) is 0 Å². The Labute approximate surface area is 214 Å². The first-order chi connectivity index (χ1) is 16.1. The molecular formula is C25H23Cl3N2O3S. The molecule has 1 saturated heterocycles. The number of anilines is 1. The highest BCUT2D eigenvalue weighted by molar-refractivity contribution is 7.90. The van der Waals surface area contributed by atoms with Crippen molar-refractivity contribution in [2.45, 2.75) is 17.4 Å². The standard InChI is InChI=1S/C25H23Cl3N2O3S/c1-34(32,33)21-9-2-17(3-10-21)14-25(31)29-12-13-30(23-11-8-20(27)15-22(23)28)24(16-29)18-4-6-19(26)7-5-18/h2-11,15,24H,12-14,16H2,1H3. The van der Waals surface area contributed by atoms with Crippen molar-refractivity contribution in [2.75, 3.05) is 30.8 Å². The van der Waals surface area contributed by atoms with Crippen LogP contribution in [-0.4, -0.2) is 45.1 Å². The molecule has 3 aromatic rings. The zero-order valence-corrected chi connectivity index (χ0v) is 21.5. The fourth-order valence-electron chi connectivity index (χ4n) is 4.12. The monoisotopic (exact) mass is 536 g/mol. The smallest absolute Gasteiger partial charge is 0.227 e. The summed E-state index contributed by atoms with van der Waals surface area (Å²) >= 11 is 18.7. The summed E-state index contributed by atoms with van der Waals surface area (Å²) in [6, 6.07) is 19.3. The zero-order valence-electron chi connectivity index (χ0n) is 18.4. The Balaban J connectivity index is 1.57. The molecule has 0 aliphatic carbocycles. The molecule has 0 spiro atoms. The van der Waals surface area contributed by atoms with Crippen LogP contribution < -0.4 is 4.90 Å². The normalized spacial score (nSPS) is 16.5. The maximum atomic E-state index is 13.2. The lowest BCUT2D eigenvalue weighted by Crippen LogP contribution is -2.51. The van der Waals surface area contributed by atoms with Crippen LogP contribution in [0.5, 0.6) is 0 Å². The molecule has 1 aliphatic rings. The first kappa shape index (κ1) is 24.9. The average molecular weight is 538 g/mol. The number of nitrogens with zero attached hydrogens (tertiary/aromatic N) is 2. The van der Waals surface area contributed by atoms with Crippen molar-refractivity contribution in [3.05, 3.63) is 92.9 Å². The van der Waals surface area contributed by atoms with Crippen LogP contribution in [0, 0.1) is 0 Å². The van der Waals surface area contributed by atoms with E-state index >= 15 is 0 Å². The van der Waals surface area contributed by atoms with E-state index in [0.29, 0.717) is 34.7 Å². The summed E-state index contributed by atoms with van der Waals surface area (Å²) in [5.41, 5.74) is 2.64. The maximum Gasteiger partial charge on any atom is 0.227 e. The first-order valence-electron chi connectivity index (χ1n) is 10.7. The summed E-state index contributed by atoms with van der Waals surface area (Å²) < 4.78 is 23.4. The lowest BCUT2D eigenvalue weighted by Gasteiger charge is -2.43. The van der Waals surface area contributed by atoms with Gasteiger partial charge in [-0.25, -0.2) is 8.42 Å². The molecule has 4 rings (SSSR count). The largest absolute Gasteiger partial charge is 0.360 e. The van der Waals surface area contributed by atoms with Gasteiger partial charge in [0.15, 0.2) is 9.84 Å². The first-order valence-corrected chi connectivity index (χ1v) is 13.7. The molecule has 0 N–H and O–H groups in total. The number of hydrogen-bond acceptors (Lipinski definition) is 4. The third kappa shape index (κ3) is 5.69. The second-order valence-electron chi connectivity index (χ2n) is 8.29. The van der Waals surface area contributed by atoms with Crippen molar-refractivity contribution >= 4 is 56.2 Å². The lowest BCUT2D eigenvalue weighted by atomic mass is 10.0. The van der Waals surface area contributed by atoms with Crippen LogP contribution in [0.15, 0.2) is 71.6 Å². The molecule has 1 amide bonds. The van der Waals surface area contributed by atoms with E-state index in [0.717, 1.165) is 23.1 Å². The van der Waals surface area contributed by atoms with Gasteiger partial charge in [-0.05, 0) is 53.6 Å². The van der Waals surface area contributed by atoms with Crippen LogP contribution >= 0.6 is 34.8 Å². The molecule has 1 fully saturated rings. The minimum atomic E-state index is -3.28. The fraction of sp³-hybridized carbons (Fsp3) is 0.240. The third-order valence-corrected chi connectivity index (χ3v) is 7.83. The van der Waals surface area contributed by atoms with E-state index in [1.807, 2.05) is 35.2 Å². The number of piperazine rings is 1. The predicted molar refractivity (Wildman–Crippen MR) is 138 cm³/mol. The Kier molecular flexibility index (Phi) is 7.43. The van der Waals surface area contributed by atoms with Crippen LogP contribution in [0.3, 0.4) is 0 Å². The average Bonchev–Trinajstić information content (AvgIpc) is 2.79. The highest BCUT2D eigenvalue weighted by Crippen LogP contribution is 2.37. The Morgan fingerprint density at radius 1 is 0.912 bits per heavy atom. The molecule has 0 bridgehead atoms. The van der Waals surface area contributed by atoms with Gasteiger partial charge >= 0.3 is 0 Å². The molecular weight excluding hydrogens is 515 g/mol. The third-order valence-electron chi connectivity index (χ3n) is 5.91. The molecule has 1 aliphatic heterocycles. The van der Waals surface area contributed by atoms with Gasteiger partial charge in [0.1, 0.15) is 0 Å². The molecule has 9 heteroatoms. The number of carbonyl (C=O) groups excluding carboxylic acids is 1. The number of rotatable bonds is 5. The van der Waals surface area contributed by atoms with Gasteiger partial charge in [0.25, 0.3) is 0 Å². The zero-order chi connectivity index (χ0) is 24.5. The second-order valence-corrected chi connectivity index (χ2v) is 11.6. The minimum absolute atomic E-state index is 0.0204.